The van der Waals surface area contributed by atoms with Crippen LogP contribution in [0.25, 0.3) is 0 Å². The number of hydrogen-bond donors (Lipinski definition) is 2. The van der Waals surface area contributed by atoms with Gasteiger partial charge in [-0.1, -0.05) is 31.4 Å². The van der Waals surface area contributed by atoms with Gasteiger partial charge >= 0.3 is 0 Å². The molecule has 112 valence electrons. The van der Waals surface area contributed by atoms with E-state index in [2.05, 4.69) is 17.6 Å². The van der Waals surface area contributed by atoms with Crippen LogP contribution in [0.4, 0.5) is 5.69 Å². The molecule has 1 fully saturated rings. The summed E-state index contributed by atoms with van der Waals surface area (Å²) in [5, 5.41) is 15.6. The number of rotatable bonds is 4. The van der Waals surface area contributed by atoms with Gasteiger partial charge in [-0.2, -0.15) is 5.26 Å². The van der Waals surface area contributed by atoms with E-state index >= 15 is 0 Å². The molecule has 21 heavy (non-hydrogen) atoms. The van der Waals surface area contributed by atoms with E-state index in [9.17, 15) is 4.79 Å². The maximum atomic E-state index is 12.0. The van der Waals surface area contributed by atoms with E-state index in [4.69, 9.17) is 16.9 Å². The number of nitriles is 1. The van der Waals surface area contributed by atoms with Crippen LogP contribution in [-0.4, -0.2) is 18.5 Å². The van der Waals surface area contributed by atoms with Crippen molar-refractivity contribution < 1.29 is 4.79 Å². The summed E-state index contributed by atoms with van der Waals surface area (Å²) >= 11 is 5.90. The Bertz CT molecular complexity index is 553. The summed E-state index contributed by atoms with van der Waals surface area (Å²) in [6, 6.07) is 7.29. The fraction of sp³-hybridized carbons (Fsp3) is 0.500. The molecule has 2 atom stereocenters. The molecule has 1 aliphatic carbocycles. The molecular formula is C16H20ClN3O. The maximum Gasteiger partial charge on any atom is 0.238 e. The van der Waals surface area contributed by atoms with E-state index in [0.29, 0.717) is 28.2 Å². The van der Waals surface area contributed by atoms with E-state index in [1.807, 2.05) is 6.07 Å². The smallest absolute Gasteiger partial charge is 0.238 e. The minimum absolute atomic E-state index is 0.147. The minimum Gasteiger partial charge on any atom is -0.324 e. The van der Waals surface area contributed by atoms with Crippen LogP contribution in [0.15, 0.2) is 18.2 Å². The highest BCUT2D eigenvalue weighted by atomic mass is 35.5. The minimum atomic E-state index is -0.147. The Morgan fingerprint density at radius 1 is 1.43 bits per heavy atom. The number of carbonyl (C=O) groups excluding carboxylic acids is 1. The van der Waals surface area contributed by atoms with Gasteiger partial charge in [0.15, 0.2) is 0 Å². The molecule has 0 aliphatic heterocycles. The van der Waals surface area contributed by atoms with Gasteiger partial charge in [-0.15, -0.1) is 0 Å². The molecule has 0 saturated heterocycles. The van der Waals surface area contributed by atoms with Crippen LogP contribution in [-0.2, 0) is 4.79 Å². The highest BCUT2D eigenvalue weighted by Crippen LogP contribution is 2.23. The van der Waals surface area contributed by atoms with Crippen molar-refractivity contribution in [3.63, 3.8) is 0 Å². The summed E-state index contributed by atoms with van der Waals surface area (Å²) in [6.45, 7) is 2.48. The van der Waals surface area contributed by atoms with Crippen LogP contribution in [0.3, 0.4) is 0 Å². The van der Waals surface area contributed by atoms with Crippen molar-refractivity contribution in [2.45, 2.75) is 38.6 Å². The fourth-order valence-corrected chi connectivity index (χ4v) is 2.93. The van der Waals surface area contributed by atoms with Crippen LogP contribution in [0.5, 0.6) is 0 Å². The molecule has 2 rings (SSSR count). The standard InChI is InChI=1S/C16H20ClN3O/c1-11-4-2-3-5-14(11)19-10-16(21)20-15-8-13(17)7-6-12(15)9-18/h6-8,11,14,19H,2-5,10H2,1H3,(H,20,21)/t11-,14-/m0/s1. The summed E-state index contributed by atoms with van der Waals surface area (Å²) in [4.78, 5) is 12.0. The Kier molecular flexibility index (Phi) is 5.60. The Labute approximate surface area is 130 Å². The summed E-state index contributed by atoms with van der Waals surface area (Å²) in [5.74, 6) is 0.457. The van der Waals surface area contributed by atoms with Crippen molar-refractivity contribution in [1.29, 1.82) is 5.26 Å². The van der Waals surface area contributed by atoms with Gasteiger partial charge in [-0.3, -0.25) is 4.79 Å². The van der Waals surface area contributed by atoms with E-state index < -0.39 is 0 Å². The first-order valence-corrected chi connectivity index (χ1v) is 7.71. The van der Waals surface area contributed by atoms with Crippen molar-refractivity contribution >= 4 is 23.2 Å². The van der Waals surface area contributed by atoms with Gasteiger partial charge < -0.3 is 10.6 Å². The first kappa shape index (κ1) is 15.8. The SMILES string of the molecule is C[C@H]1CCCC[C@@H]1NCC(=O)Nc1cc(Cl)ccc1C#N. The summed E-state index contributed by atoms with van der Waals surface area (Å²) in [6.07, 6.45) is 4.83. The molecule has 1 aromatic rings. The van der Waals surface area contributed by atoms with Crippen LogP contribution in [0.2, 0.25) is 5.02 Å². The van der Waals surface area contributed by atoms with Crippen molar-refractivity contribution in [3.05, 3.63) is 28.8 Å². The van der Waals surface area contributed by atoms with Crippen LogP contribution >= 0.6 is 11.6 Å². The predicted molar refractivity (Wildman–Crippen MR) is 84.2 cm³/mol. The average molecular weight is 306 g/mol. The summed E-state index contributed by atoms with van der Waals surface area (Å²) in [5.41, 5.74) is 0.882. The number of halogens is 1. The predicted octanol–water partition coefficient (Wildman–Crippen LogP) is 3.32. The van der Waals surface area contributed by atoms with E-state index in [1.54, 1.807) is 18.2 Å². The van der Waals surface area contributed by atoms with Crippen LogP contribution in [0.1, 0.15) is 38.2 Å². The van der Waals surface area contributed by atoms with E-state index in [0.717, 1.165) is 6.42 Å². The third-order valence-electron chi connectivity index (χ3n) is 4.01. The largest absolute Gasteiger partial charge is 0.324 e. The Hall–Kier alpha value is -1.57. The highest BCUT2D eigenvalue weighted by Gasteiger charge is 2.21. The maximum absolute atomic E-state index is 12.0. The lowest BCUT2D eigenvalue weighted by Crippen LogP contribution is -2.41. The van der Waals surface area contributed by atoms with E-state index in [1.165, 1.54) is 19.3 Å². The first-order chi connectivity index (χ1) is 10.1. The van der Waals surface area contributed by atoms with Gasteiger partial charge in [0.05, 0.1) is 17.8 Å². The van der Waals surface area contributed by atoms with Crippen molar-refractivity contribution in [3.8, 4) is 6.07 Å². The number of nitrogens with zero attached hydrogens (tertiary/aromatic N) is 1. The third-order valence-corrected chi connectivity index (χ3v) is 4.25. The van der Waals surface area contributed by atoms with Gasteiger partial charge in [0.1, 0.15) is 6.07 Å². The molecule has 1 aliphatic rings. The van der Waals surface area contributed by atoms with Crippen molar-refractivity contribution in [1.82, 2.24) is 5.32 Å². The van der Waals surface area contributed by atoms with Gasteiger partial charge in [0.25, 0.3) is 0 Å². The molecule has 2 N–H and O–H groups in total. The molecular weight excluding hydrogens is 286 g/mol. The highest BCUT2D eigenvalue weighted by molar-refractivity contribution is 6.31. The zero-order valence-corrected chi connectivity index (χ0v) is 12.9. The third kappa shape index (κ3) is 4.45. The molecule has 0 heterocycles. The van der Waals surface area contributed by atoms with Gasteiger partial charge in [0.2, 0.25) is 5.91 Å². The number of anilines is 1. The van der Waals surface area contributed by atoms with Gasteiger partial charge in [0, 0.05) is 11.1 Å². The first-order valence-electron chi connectivity index (χ1n) is 7.33. The number of benzene rings is 1. The quantitative estimate of drug-likeness (QED) is 0.897. The average Bonchev–Trinajstić information content (AvgIpc) is 2.47. The topological polar surface area (TPSA) is 64.9 Å². The van der Waals surface area contributed by atoms with E-state index in [-0.39, 0.29) is 12.5 Å². The fourth-order valence-electron chi connectivity index (χ4n) is 2.76. The normalized spacial score (nSPS) is 21.6. The zero-order chi connectivity index (χ0) is 15.2. The molecule has 1 aromatic carbocycles. The lowest BCUT2D eigenvalue weighted by molar-refractivity contribution is -0.115. The van der Waals surface area contributed by atoms with Crippen molar-refractivity contribution in [2.24, 2.45) is 5.92 Å². The van der Waals surface area contributed by atoms with Crippen molar-refractivity contribution in [2.75, 3.05) is 11.9 Å². The molecule has 0 aromatic heterocycles. The second kappa shape index (κ2) is 7.44. The van der Waals surface area contributed by atoms with Gasteiger partial charge in [-0.25, -0.2) is 0 Å². The Balaban J connectivity index is 1.90. The second-order valence-corrected chi connectivity index (χ2v) is 6.04. The lowest BCUT2D eigenvalue weighted by atomic mass is 9.86. The zero-order valence-electron chi connectivity index (χ0n) is 12.2. The number of hydrogen-bond acceptors (Lipinski definition) is 3. The second-order valence-electron chi connectivity index (χ2n) is 5.60. The Morgan fingerprint density at radius 3 is 2.90 bits per heavy atom. The molecule has 0 spiro atoms. The summed E-state index contributed by atoms with van der Waals surface area (Å²) in [7, 11) is 0. The summed E-state index contributed by atoms with van der Waals surface area (Å²) < 4.78 is 0. The van der Waals surface area contributed by atoms with Crippen LogP contribution in [0, 0.1) is 17.2 Å². The molecule has 5 heteroatoms. The molecule has 0 bridgehead atoms. The molecule has 0 radical (unpaired) electrons. The lowest BCUT2D eigenvalue weighted by Gasteiger charge is -2.29. The van der Waals surface area contributed by atoms with Gasteiger partial charge in [-0.05, 0) is 37.0 Å². The number of nitrogens with one attached hydrogen (secondary N) is 2. The molecule has 4 nitrogen and oxygen atoms in total. The molecule has 1 saturated carbocycles. The number of carbonyl (C=O) groups is 1. The molecule has 0 unspecified atom stereocenters. The molecule has 1 amide bonds. The monoisotopic (exact) mass is 305 g/mol. The van der Waals surface area contributed by atoms with Crippen LogP contribution < -0.4 is 10.6 Å². The Morgan fingerprint density at radius 2 is 2.19 bits per heavy atom. The number of amides is 1.